The molecular weight excluding hydrogens is 567 g/mol. The molecule has 0 saturated heterocycles. The molecule has 226 valence electrons. The van der Waals surface area contributed by atoms with Gasteiger partial charge in [0.25, 0.3) is 5.56 Å². The number of Topliss-reactive ketones (excluding diaryl/α,β-unsaturated/α-hetero) is 1. The summed E-state index contributed by atoms with van der Waals surface area (Å²) in [5, 5.41) is 19.8. The smallest absolute Gasteiger partial charge is 0.333 e. The van der Waals surface area contributed by atoms with E-state index in [0.717, 1.165) is 4.57 Å². The van der Waals surface area contributed by atoms with E-state index in [1.54, 1.807) is 20.8 Å². The predicted octanol–water partition coefficient (Wildman–Crippen LogP) is 2.33. The van der Waals surface area contributed by atoms with Crippen LogP contribution in [-0.2, 0) is 28.1 Å². The second-order valence-electron chi connectivity index (χ2n) is 10.4. The van der Waals surface area contributed by atoms with E-state index >= 15 is 0 Å². The number of nitrogens with zero attached hydrogens (tertiary/aromatic N) is 5. The number of ketones is 1. The highest BCUT2D eigenvalue weighted by Crippen LogP contribution is 2.31. The van der Waals surface area contributed by atoms with Crippen LogP contribution in [0.25, 0.3) is 15.2 Å². The summed E-state index contributed by atoms with van der Waals surface area (Å²) in [7, 11) is 1.49. The number of carbonyl (C=O) groups is 2. The minimum Gasteiger partial charge on any atom is -0.496 e. The number of aromatic nitrogens is 5. The van der Waals surface area contributed by atoms with Crippen molar-refractivity contribution in [3.8, 4) is 10.8 Å². The first-order chi connectivity index (χ1) is 19.7. The molecule has 4 rings (SSSR count). The Kier molecular flexibility index (Phi) is 10.2. The van der Waals surface area contributed by atoms with Gasteiger partial charge in [-0.1, -0.05) is 11.3 Å². The van der Waals surface area contributed by atoms with E-state index in [9.17, 15) is 23.6 Å². The summed E-state index contributed by atoms with van der Waals surface area (Å²) in [6.07, 6.45) is 3.29. The maximum absolute atomic E-state index is 14.0. The Bertz CT molecular complexity index is 1700. The van der Waals surface area contributed by atoms with Gasteiger partial charge >= 0.3 is 5.69 Å². The summed E-state index contributed by atoms with van der Waals surface area (Å²) in [5.41, 5.74) is -1.54. The number of thiophene rings is 1. The Morgan fingerprint density at radius 3 is 2.36 bits per heavy atom. The van der Waals surface area contributed by atoms with Crippen LogP contribution in [0.1, 0.15) is 45.7 Å². The molecule has 42 heavy (non-hydrogen) atoms. The van der Waals surface area contributed by atoms with E-state index in [1.165, 1.54) is 79.2 Å². The molecule has 0 fully saturated rings. The van der Waals surface area contributed by atoms with Crippen molar-refractivity contribution in [1.82, 2.24) is 29.4 Å². The summed E-state index contributed by atoms with van der Waals surface area (Å²) >= 11 is 1.20. The molecule has 0 radical (unpaired) electrons. The number of aryl methyl sites for hydroxylation is 3. The van der Waals surface area contributed by atoms with Gasteiger partial charge in [-0.25, -0.2) is 13.8 Å². The van der Waals surface area contributed by atoms with Crippen LogP contribution in [0.4, 0.5) is 4.39 Å². The van der Waals surface area contributed by atoms with E-state index in [2.05, 4.69) is 15.5 Å². The minimum absolute atomic E-state index is 0.114. The van der Waals surface area contributed by atoms with Crippen molar-refractivity contribution in [2.75, 3.05) is 13.7 Å². The topological polar surface area (TPSA) is 150 Å². The lowest BCUT2D eigenvalue weighted by molar-refractivity contribution is -0.129. The quantitative estimate of drug-likeness (QED) is 0.296. The first kappa shape index (κ1) is 32.3. The zero-order valence-electron chi connectivity index (χ0n) is 24.6. The Labute approximate surface area is 245 Å². The molecule has 3 aromatic heterocycles. The molecule has 0 spiro atoms. The maximum Gasteiger partial charge on any atom is 0.333 e. The lowest BCUT2D eigenvalue weighted by Gasteiger charge is -2.27. The highest BCUT2D eigenvalue weighted by Gasteiger charge is 2.35. The Morgan fingerprint density at radius 1 is 1.19 bits per heavy atom. The van der Waals surface area contributed by atoms with Crippen molar-refractivity contribution in [3.63, 3.8) is 0 Å². The predicted molar refractivity (Wildman–Crippen MR) is 157 cm³/mol. The molecule has 0 aliphatic rings. The van der Waals surface area contributed by atoms with Gasteiger partial charge in [0.15, 0.2) is 5.78 Å². The minimum atomic E-state index is -1.48. The lowest BCUT2D eigenvalue weighted by Crippen LogP contribution is -2.56. The van der Waals surface area contributed by atoms with Crippen molar-refractivity contribution in [3.05, 3.63) is 68.4 Å². The molecule has 3 heterocycles. The largest absolute Gasteiger partial charge is 0.496 e. The van der Waals surface area contributed by atoms with E-state index in [-0.39, 0.29) is 31.4 Å². The molecule has 1 amide bonds. The molecule has 0 saturated carbocycles. The zero-order valence-corrected chi connectivity index (χ0v) is 25.4. The monoisotopic (exact) mass is 602 g/mol. The van der Waals surface area contributed by atoms with Crippen LogP contribution in [0.5, 0.6) is 5.75 Å². The van der Waals surface area contributed by atoms with E-state index in [0.29, 0.717) is 32.1 Å². The van der Waals surface area contributed by atoms with Gasteiger partial charge in [0.05, 0.1) is 24.9 Å². The van der Waals surface area contributed by atoms with E-state index in [4.69, 9.17) is 9.84 Å². The average molecular weight is 603 g/mol. The van der Waals surface area contributed by atoms with Gasteiger partial charge in [0.1, 0.15) is 33.5 Å². The van der Waals surface area contributed by atoms with Crippen molar-refractivity contribution in [2.45, 2.75) is 66.1 Å². The van der Waals surface area contributed by atoms with Crippen LogP contribution < -0.4 is 21.3 Å². The van der Waals surface area contributed by atoms with Gasteiger partial charge in [0.2, 0.25) is 5.91 Å². The van der Waals surface area contributed by atoms with Crippen LogP contribution in [-0.4, -0.2) is 60.7 Å². The van der Waals surface area contributed by atoms with Crippen molar-refractivity contribution in [2.24, 2.45) is 0 Å². The number of rotatable bonds is 9. The molecule has 0 bridgehead atoms. The van der Waals surface area contributed by atoms with Gasteiger partial charge < -0.3 is 15.2 Å². The van der Waals surface area contributed by atoms with Crippen LogP contribution in [0.3, 0.4) is 0 Å². The second-order valence-corrected chi connectivity index (χ2v) is 11.3. The number of ether oxygens (including phenoxy) is 1. The number of aliphatic hydroxyl groups is 1. The fourth-order valence-corrected chi connectivity index (χ4v) is 5.49. The number of hydrogen-bond acceptors (Lipinski definition) is 9. The van der Waals surface area contributed by atoms with Gasteiger partial charge in [0, 0.05) is 18.2 Å². The number of nitrogens with one attached hydrogen (secondary N) is 1. The molecule has 0 atom stereocenters. The number of carbonyl (C=O) groups excluding carboxylic acids is 2. The molecular formula is C28H35FN6O6S. The number of methoxy groups -OCH3 is 1. The number of aliphatic hydroxyl groups excluding tert-OH is 1. The Hall–Kier alpha value is -4.17. The first-order valence-corrected chi connectivity index (χ1v) is 14.0. The molecule has 0 aliphatic carbocycles. The Morgan fingerprint density at radius 2 is 1.81 bits per heavy atom. The van der Waals surface area contributed by atoms with E-state index in [1.807, 2.05) is 0 Å². The van der Waals surface area contributed by atoms with Crippen LogP contribution in [0, 0.1) is 12.7 Å². The number of amides is 1. The van der Waals surface area contributed by atoms with Crippen LogP contribution in [0.2, 0.25) is 0 Å². The highest BCUT2D eigenvalue weighted by atomic mass is 32.1. The lowest BCUT2D eigenvalue weighted by atomic mass is 10.0. The van der Waals surface area contributed by atoms with Crippen molar-refractivity contribution < 1.29 is 23.8 Å². The average Bonchev–Trinajstić information content (AvgIpc) is 3.56. The van der Waals surface area contributed by atoms with Crippen LogP contribution in [0.15, 0.2) is 40.2 Å². The number of fused-ring (bicyclic) bond motifs is 1. The van der Waals surface area contributed by atoms with Gasteiger partial charge in [-0.15, -0.1) is 4.80 Å². The van der Waals surface area contributed by atoms with Gasteiger partial charge in [-0.2, -0.15) is 10.2 Å². The SMILES string of the molecule is CC(=O)CO.COc1ccc(F)cc1CCn1c(=O)n(C(C)(C)C(=O)NC(C)C)c(=O)c2c(C)c(-n3nccn3)sc21. The summed E-state index contributed by atoms with van der Waals surface area (Å²) in [6.45, 7) is 9.56. The number of halogens is 1. The van der Waals surface area contributed by atoms with E-state index < -0.39 is 28.5 Å². The molecule has 0 aliphatic heterocycles. The molecule has 1 aromatic carbocycles. The normalized spacial score (nSPS) is 11.4. The Balaban J connectivity index is 0.000000892. The number of benzene rings is 1. The fraction of sp³-hybridized carbons (Fsp3) is 0.429. The summed E-state index contributed by atoms with van der Waals surface area (Å²) in [4.78, 5) is 52.2. The first-order valence-electron chi connectivity index (χ1n) is 13.1. The standard InChI is InChI=1S/C25H29FN6O4S.C3H6O2/c1-14(2)29-23(34)25(4,5)31-20(33)19-15(3)21(32-27-10-11-28-32)37-22(19)30(24(31)35)12-9-16-13-17(26)7-8-18(16)36-6;1-3(5)2-4/h7-8,10-11,13-14H,9,12H2,1-6H3,(H,29,34);4H,2H2,1H3. The fourth-order valence-electron chi connectivity index (χ4n) is 4.25. The third-order valence-electron chi connectivity index (χ3n) is 6.39. The summed E-state index contributed by atoms with van der Waals surface area (Å²) < 4.78 is 21.8. The molecule has 0 unspecified atom stereocenters. The van der Waals surface area contributed by atoms with Gasteiger partial charge in [-0.05, 0) is 71.7 Å². The third-order valence-corrected chi connectivity index (χ3v) is 7.67. The highest BCUT2D eigenvalue weighted by molar-refractivity contribution is 7.21. The third kappa shape index (κ3) is 6.65. The summed E-state index contributed by atoms with van der Waals surface area (Å²) in [5.74, 6) is -0.588. The van der Waals surface area contributed by atoms with Crippen molar-refractivity contribution >= 4 is 33.2 Å². The second kappa shape index (κ2) is 13.2. The molecule has 12 nitrogen and oxygen atoms in total. The molecule has 4 aromatic rings. The summed E-state index contributed by atoms with van der Waals surface area (Å²) in [6, 6.07) is 4.00. The zero-order chi connectivity index (χ0) is 31.4. The maximum atomic E-state index is 14.0. The van der Waals surface area contributed by atoms with Crippen molar-refractivity contribution in [1.29, 1.82) is 0 Å². The molecule has 2 N–H and O–H groups in total. The van der Waals surface area contributed by atoms with Crippen LogP contribution >= 0.6 is 11.3 Å². The van der Waals surface area contributed by atoms with Gasteiger partial charge in [-0.3, -0.25) is 19.0 Å². The molecule has 14 heteroatoms. The number of hydrogen-bond donors (Lipinski definition) is 2.